The zero-order valence-corrected chi connectivity index (χ0v) is 22.0. The van der Waals surface area contributed by atoms with Gasteiger partial charge in [-0.1, -0.05) is 75.8 Å². The minimum atomic E-state index is -0.879. The van der Waals surface area contributed by atoms with Crippen molar-refractivity contribution in [1.82, 2.24) is 0 Å². The van der Waals surface area contributed by atoms with Crippen molar-refractivity contribution in [1.29, 1.82) is 0 Å². The van der Waals surface area contributed by atoms with Crippen LogP contribution in [0.2, 0.25) is 0 Å². The first kappa shape index (κ1) is 31.6. The molecule has 8 heteroatoms. The summed E-state index contributed by atoms with van der Waals surface area (Å²) in [5.74, 6) is -1.48. The summed E-state index contributed by atoms with van der Waals surface area (Å²) < 4.78 is 16.3. The van der Waals surface area contributed by atoms with Crippen LogP contribution < -0.4 is 11.5 Å². The molecule has 0 unspecified atom stereocenters. The predicted octanol–water partition coefficient (Wildman–Crippen LogP) is 4.56. The second-order valence-corrected chi connectivity index (χ2v) is 9.25. The van der Waals surface area contributed by atoms with Crippen LogP contribution in [0.3, 0.4) is 0 Å². The number of rotatable bonds is 22. The molecule has 1 aromatic rings. The zero-order chi connectivity index (χ0) is 26.4. The summed E-state index contributed by atoms with van der Waals surface area (Å²) in [7, 11) is 0. The van der Waals surface area contributed by atoms with Crippen molar-refractivity contribution in [3.8, 4) is 0 Å². The summed E-state index contributed by atoms with van der Waals surface area (Å²) in [5, 5.41) is 0. The highest BCUT2D eigenvalue weighted by Crippen LogP contribution is 2.12. The van der Waals surface area contributed by atoms with E-state index in [0.29, 0.717) is 32.5 Å². The minimum absolute atomic E-state index is 0.0535. The van der Waals surface area contributed by atoms with Crippen LogP contribution in [0.15, 0.2) is 30.3 Å². The number of amides is 1. The van der Waals surface area contributed by atoms with Crippen LogP contribution in [0.5, 0.6) is 0 Å². The topological polar surface area (TPSA) is 131 Å². The molecule has 0 aromatic heterocycles. The van der Waals surface area contributed by atoms with E-state index in [-0.39, 0.29) is 31.8 Å². The normalized spacial score (nSPS) is 12.6. The highest BCUT2D eigenvalue weighted by molar-refractivity contribution is 5.77. The standard InChI is InChI=1S/C28H46N2O6/c1-2-3-4-5-6-7-11-19-34-20-13-16-24(21-26(30)31)36-28(33)25(29)17-12-18-27(32)35-22-23-14-9-8-10-15-23/h8-10,14-15,24-25H,2-7,11-13,16-22,29H2,1H3,(H2,30,31)/t24-,25-/m0/s1. The summed E-state index contributed by atoms with van der Waals surface area (Å²) in [5.41, 5.74) is 12.2. The van der Waals surface area contributed by atoms with Gasteiger partial charge in [-0.05, 0) is 37.7 Å². The lowest BCUT2D eigenvalue weighted by molar-refractivity contribution is -0.153. The largest absolute Gasteiger partial charge is 0.461 e. The molecule has 1 rings (SSSR count). The van der Waals surface area contributed by atoms with Gasteiger partial charge < -0.3 is 25.7 Å². The number of hydrogen-bond acceptors (Lipinski definition) is 7. The summed E-state index contributed by atoms with van der Waals surface area (Å²) in [6.45, 7) is 3.68. The molecule has 1 amide bonds. The monoisotopic (exact) mass is 506 g/mol. The third-order valence-corrected chi connectivity index (χ3v) is 5.86. The average Bonchev–Trinajstić information content (AvgIpc) is 2.86. The highest BCUT2D eigenvalue weighted by atomic mass is 16.5. The fourth-order valence-electron chi connectivity index (χ4n) is 3.75. The van der Waals surface area contributed by atoms with Crippen molar-refractivity contribution in [2.24, 2.45) is 11.5 Å². The predicted molar refractivity (Wildman–Crippen MR) is 140 cm³/mol. The Morgan fingerprint density at radius 3 is 2.22 bits per heavy atom. The minimum Gasteiger partial charge on any atom is -0.461 e. The molecule has 204 valence electrons. The third kappa shape index (κ3) is 17.1. The van der Waals surface area contributed by atoms with Crippen molar-refractivity contribution in [3.63, 3.8) is 0 Å². The molecule has 0 aliphatic rings. The van der Waals surface area contributed by atoms with E-state index in [9.17, 15) is 14.4 Å². The molecular formula is C28H46N2O6. The fourth-order valence-corrected chi connectivity index (χ4v) is 3.75. The van der Waals surface area contributed by atoms with Crippen molar-refractivity contribution in [2.75, 3.05) is 13.2 Å². The smallest absolute Gasteiger partial charge is 0.323 e. The maximum absolute atomic E-state index is 12.4. The Kier molecular flexibility index (Phi) is 18.2. The third-order valence-electron chi connectivity index (χ3n) is 5.86. The van der Waals surface area contributed by atoms with E-state index in [1.807, 2.05) is 30.3 Å². The summed E-state index contributed by atoms with van der Waals surface area (Å²) in [6, 6.07) is 8.53. The van der Waals surface area contributed by atoms with Gasteiger partial charge in [0.2, 0.25) is 5.91 Å². The van der Waals surface area contributed by atoms with Gasteiger partial charge in [-0.2, -0.15) is 0 Å². The summed E-state index contributed by atoms with van der Waals surface area (Å²) >= 11 is 0. The van der Waals surface area contributed by atoms with Crippen molar-refractivity contribution >= 4 is 17.8 Å². The Balaban J connectivity index is 2.18. The molecule has 0 saturated heterocycles. The van der Waals surface area contributed by atoms with Gasteiger partial charge >= 0.3 is 11.9 Å². The molecule has 4 N–H and O–H groups in total. The van der Waals surface area contributed by atoms with Crippen molar-refractivity contribution in [3.05, 3.63) is 35.9 Å². The molecule has 0 radical (unpaired) electrons. The second kappa shape index (κ2) is 20.7. The molecule has 0 heterocycles. The van der Waals surface area contributed by atoms with E-state index < -0.39 is 24.0 Å². The molecule has 1 aromatic carbocycles. The maximum Gasteiger partial charge on any atom is 0.323 e. The molecule has 0 spiro atoms. The number of hydrogen-bond donors (Lipinski definition) is 2. The molecule has 0 saturated carbocycles. The van der Waals surface area contributed by atoms with Gasteiger partial charge in [0.1, 0.15) is 18.8 Å². The summed E-state index contributed by atoms with van der Waals surface area (Å²) in [6.07, 6.45) is 9.92. The van der Waals surface area contributed by atoms with Crippen molar-refractivity contribution < 1.29 is 28.6 Å². The van der Waals surface area contributed by atoms with Gasteiger partial charge in [0.05, 0.1) is 6.42 Å². The molecule has 36 heavy (non-hydrogen) atoms. The van der Waals surface area contributed by atoms with Gasteiger partial charge in [-0.25, -0.2) is 0 Å². The van der Waals surface area contributed by atoms with Gasteiger partial charge in [0, 0.05) is 19.6 Å². The lowest BCUT2D eigenvalue weighted by Gasteiger charge is -2.19. The molecule has 0 bridgehead atoms. The Bertz CT molecular complexity index is 728. The summed E-state index contributed by atoms with van der Waals surface area (Å²) in [4.78, 5) is 35.7. The van der Waals surface area contributed by atoms with E-state index in [4.69, 9.17) is 25.7 Å². The number of carbonyl (C=O) groups excluding carboxylic acids is 3. The lowest BCUT2D eigenvalue weighted by Crippen LogP contribution is -2.36. The Morgan fingerprint density at radius 1 is 0.861 bits per heavy atom. The average molecular weight is 507 g/mol. The lowest BCUT2D eigenvalue weighted by atomic mass is 10.1. The molecular weight excluding hydrogens is 460 g/mol. The van der Waals surface area contributed by atoms with Crippen molar-refractivity contribution in [2.45, 2.75) is 109 Å². The van der Waals surface area contributed by atoms with E-state index in [2.05, 4.69) is 6.92 Å². The van der Waals surface area contributed by atoms with E-state index in [1.54, 1.807) is 0 Å². The van der Waals surface area contributed by atoms with E-state index in [0.717, 1.165) is 12.0 Å². The van der Waals surface area contributed by atoms with Crippen LogP contribution in [0.25, 0.3) is 0 Å². The quantitative estimate of drug-likeness (QED) is 0.174. The first-order chi connectivity index (χ1) is 17.4. The van der Waals surface area contributed by atoms with Crippen LogP contribution in [0, 0.1) is 0 Å². The molecule has 0 fully saturated rings. The molecule has 8 nitrogen and oxygen atoms in total. The van der Waals surface area contributed by atoms with E-state index >= 15 is 0 Å². The fraction of sp³-hybridized carbons (Fsp3) is 0.679. The van der Waals surface area contributed by atoms with Crippen LogP contribution >= 0.6 is 0 Å². The number of benzene rings is 1. The Hall–Kier alpha value is -2.45. The number of carbonyl (C=O) groups is 3. The van der Waals surface area contributed by atoms with Crippen LogP contribution in [-0.4, -0.2) is 43.2 Å². The second-order valence-electron chi connectivity index (χ2n) is 9.25. The Labute approximate surface area is 216 Å². The van der Waals surface area contributed by atoms with Gasteiger partial charge in [-0.3, -0.25) is 14.4 Å². The van der Waals surface area contributed by atoms with Crippen LogP contribution in [0.1, 0.15) is 96.0 Å². The molecule has 2 atom stereocenters. The van der Waals surface area contributed by atoms with Crippen LogP contribution in [0.4, 0.5) is 0 Å². The van der Waals surface area contributed by atoms with Gasteiger partial charge in [0.25, 0.3) is 0 Å². The van der Waals surface area contributed by atoms with Gasteiger partial charge in [-0.15, -0.1) is 0 Å². The first-order valence-corrected chi connectivity index (χ1v) is 13.4. The van der Waals surface area contributed by atoms with Gasteiger partial charge in [0.15, 0.2) is 0 Å². The number of unbranched alkanes of at least 4 members (excludes halogenated alkanes) is 6. The zero-order valence-electron chi connectivity index (χ0n) is 22.0. The van der Waals surface area contributed by atoms with Crippen LogP contribution in [-0.2, 0) is 35.2 Å². The maximum atomic E-state index is 12.4. The number of primary amides is 1. The number of ether oxygens (including phenoxy) is 3. The first-order valence-electron chi connectivity index (χ1n) is 13.4. The molecule has 0 aliphatic heterocycles. The molecule has 0 aliphatic carbocycles. The Morgan fingerprint density at radius 2 is 1.53 bits per heavy atom. The number of esters is 2. The SMILES string of the molecule is CCCCCCCCCOCCC[C@@H](CC(N)=O)OC(=O)[C@@H](N)CCCC(=O)OCc1ccccc1. The number of nitrogens with two attached hydrogens (primary N) is 2. The highest BCUT2D eigenvalue weighted by Gasteiger charge is 2.22. The van der Waals surface area contributed by atoms with E-state index in [1.165, 1.54) is 38.5 Å².